The van der Waals surface area contributed by atoms with Crippen molar-refractivity contribution in [2.75, 3.05) is 5.32 Å². The lowest BCUT2D eigenvalue weighted by atomic mass is 10.2. The summed E-state index contributed by atoms with van der Waals surface area (Å²) in [7, 11) is 0. The smallest absolute Gasteiger partial charge is 0.300 e. The van der Waals surface area contributed by atoms with Crippen molar-refractivity contribution in [1.29, 1.82) is 0 Å². The van der Waals surface area contributed by atoms with E-state index >= 15 is 0 Å². The van der Waals surface area contributed by atoms with Crippen LogP contribution in [0.5, 0.6) is 0 Å². The highest BCUT2D eigenvalue weighted by Gasteiger charge is 2.19. The summed E-state index contributed by atoms with van der Waals surface area (Å²) in [5.74, 6) is 0. The summed E-state index contributed by atoms with van der Waals surface area (Å²) in [6.07, 6.45) is 0. The number of anilines is 2. The zero-order valence-electron chi connectivity index (χ0n) is 10.8. The van der Waals surface area contributed by atoms with Gasteiger partial charge < -0.3 is 5.32 Å². The molecule has 0 bridgehead atoms. The first-order valence-corrected chi connectivity index (χ1v) is 5.97. The Hall–Kier alpha value is -3.56. The van der Waals surface area contributed by atoms with Crippen molar-refractivity contribution in [3.63, 3.8) is 0 Å². The van der Waals surface area contributed by atoms with E-state index in [9.17, 15) is 20.2 Å². The van der Waals surface area contributed by atoms with Crippen LogP contribution in [-0.4, -0.2) is 20.2 Å². The van der Waals surface area contributed by atoms with Crippen LogP contribution in [-0.2, 0) is 0 Å². The molecule has 0 aliphatic rings. The molecule has 0 atom stereocenters. The lowest BCUT2D eigenvalue weighted by Gasteiger charge is -2.06. The second-order valence-electron chi connectivity index (χ2n) is 4.28. The van der Waals surface area contributed by atoms with Gasteiger partial charge in [0.15, 0.2) is 5.52 Å². The molecule has 110 valence electrons. The van der Waals surface area contributed by atoms with Gasteiger partial charge in [-0.3, -0.25) is 20.2 Å². The van der Waals surface area contributed by atoms with Crippen molar-refractivity contribution in [2.24, 2.45) is 0 Å². The quantitative estimate of drug-likeness (QED) is 0.573. The third-order valence-electron chi connectivity index (χ3n) is 2.95. The molecule has 1 N–H and O–H groups in total. The van der Waals surface area contributed by atoms with E-state index in [0.717, 1.165) is 0 Å². The average Bonchev–Trinajstić information content (AvgIpc) is 2.97. The van der Waals surface area contributed by atoms with Crippen molar-refractivity contribution in [2.45, 2.75) is 0 Å². The Bertz CT molecular complexity index is 873. The van der Waals surface area contributed by atoms with Crippen LogP contribution in [0, 0.1) is 20.2 Å². The number of nitro groups is 2. The summed E-state index contributed by atoms with van der Waals surface area (Å²) in [4.78, 5) is 20.4. The predicted octanol–water partition coefficient (Wildman–Crippen LogP) is 2.78. The van der Waals surface area contributed by atoms with Gasteiger partial charge in [0, 0.05) is 23.9 Å². The SMILES string of the molecule is O=[N+]([O-])c1ccc(Nc2ccc([N+](=O)[O-])c3nonc23)cc1. The third kappa shape index (κ3) is 2.28. The molecule has 10 heteroatoms. The van der Waals surface area contributed by atoms with E-state index in [-0.39, 0.29) is 22.4 Å². The molecule has 0 fully saturated rings. The Labute approximate surface area is 121 Å². The molecule has 0 amide bonds. The van der Waals surface area contributed by atoms with E-state index in [1.165, 1.54) is 36.4 Å². The molecule has 0 saturated carbocycles. The van der Waals surface area contributed by atoms with Gasteiger partial charge in [0.1, 0.15) is 0 Å². The number of non-ortho nitro benzene ring substituents is 2. The highest BCUT2D eigenvalue weighted by Crippen LogP contribution is 2.30. The van der Waals surface area contributed by atoms with Gasteiger partial charge in [0.2, 0.25) is 5.52 Å². The van der Waals surface area contributed by atoms with Crippen molar-refractivity contribution >= 4 is 33.8 Å². The number of benzene rings is 2. The van der Waals surface area contributed by atoms with E-state index in [1.807, 2.05) is 0 Å². The lowest BCUT2D eigenvalue weighted by molar-refractivity contribution is -0.384. The number of nitrogens with zero attached hydrogens (tertiary/aromatic N) is 4. The molecule has 1 aromatic heterocycles. The zero-order valence-corrected chi connectivity index (χ0v) is 10.8. The largest absolute Gasteiger partial charge is 0.354 e. The number of nitro benzene ring substituents is 2. The predicted molar refractivity (Wildman–Crippen MR) is 74.8 cm³/mol. The fraction of sp³-hybridized carbons (Fsp3) is 0. The summed E-state index contributed by atoms with van der Waals surface area (Å²) in [5, 5.41) is 31.6. The second-order valence-corrected chi connectivity index (χ2v) is 4.28. The molecule has 0 spiro atoms. The zero-order chi connectivity index (χ0) is 15.7. The van der Waals surface area contributed by atoms with Gasteiger partial charge in [-0.1, -0.05) is 0 Å². The molecule has 0 aliphatic heterocycles. The van der Waals surface area contributed by atoms with E-state index in [0.29, 0.717) is 11.4 Å². The Morgan fingerprint density at radius 1 is 0.909 bits per heavy atom. The fourth-order valence-electron chi connectivity index (χ4n) is 1.92. The average molecular weight is 301 g/mol. The van der Waals surface area contributed by atoms with Crippen LogP contribution in [0.15, 0.2) is 41.0 Å². The topological polar surface area (TPSA) is 137 Å². The first kappa shape index (κ1) is 13.4. The van der Waals surface area contributed by atoms with Crippen molar-refractivity contribution < 1.29 is 14.5 Å². The van der Waals surface area contributed by atoms with Crippen LogP contribution in [0.1, 0.15) is 0 Å². The number of hydrogen-bond donors (Lipinski definition) is 1. The number of rotatable bonds is 4. The maximum atomic E-state index is 10.9. The van der Waals surface area contributed by atoms with E-state index < -0.39 is 9.85 Å². The highest BCUT2D eigenvalue weighted by atomic mass is 16.6. The molecule has 0 unspecified atom stereocenters. The molecule has 3 aromatic rings. The summed E-state index contributed by atoms with van der Waals surface area (Å²) in [6, 6.07) is 8.45. The van der Waals surface area contributed by atoms with Gasteiger partial charge in [-0.05, 0) is 28.5 Å². The van der Waals surface area contributed by atoms with E-state index in [4.69, 9.17) is 0 Å². The van der Waals surface area contributed by atoms with Crippen LogP contribution in [0.2, 0.25) is 0 Å². The van der Waals surface area contributed by atoms with Crippen LogP contribution in [0.4, 0.5) is 22.7 Å². The summed E-state index contributed by atoms with van der Waals surface area (Å²) in [6.45, 7) is 0. The first-order chi connectivity index (χ1) is 10.6. The standard InChI is InChI=1S/C12H7N5O5/c18-16(19)8-3-1-7(2-4-8)13-9-5-6-10(17(20)21)12-11(9)14-22-15-12/h1-6,13H. The number of hydrogen-bond acceptors (Lipinski definition) is 8. The molecule has 22 heavy (non-hydrogen) atoms. The Morgan fingerprint density at radius 2 is 1.59 bits per heavy atom. The monoisotopic (exact) mass is 301 g/mol. The Morgan fingerprint density at radius 3 is 2.23 bits per heavy atom. The summed E-state index contributed by atoms with van der Waals surface area (Å²) in [5.41, 5.74) is 0.969. The normalized spacial score (nSPS) is 10.5. The minimum atomic E-state index is -0.581. The molecule has 0 radical (unpaired) electrons. The summed E-state index contributed by atoms with van der Waals surface area (Å²) >= 11 is 0. The molecule has 0 aliphatic carbocycles. The van der Waals surface area contributed by atoms with Crippen LogP contribution in [0.25, 0.3) is 11.0 Å². The molecular weight excluding hydrogens is 294 g/mol. The number of nitrogens with one attached hydrogen (secondary N) is 1. The van der Waals surface area contributed by atoms with Crippen LogP contribution in [0.3, 0.4) is 0 Å². The van der Waals surface area contributed by atoms with Crippen LogP contribution >= 0.6 is 0 Å². The maximum absolute atomic E-state index is 10.9. The first-order valence-electron chi connectivity index (χ1n) is 5.97. The van der Waals surface area contributed by atoms with Crippen LogP contribution < -0.4 is 5.32 Å². The highest BCUT2D eigenvalue weighted by molar-refractivity contribution is 5.94. The van der Waals surface area contributed by atoms with Gasteiger partial charge >= 0.3 is 5.69 Å². The molecular formula is C12H7N5O5. The lowest BCUT2D eigenvalue weighted by Crippen LogP contribution is -1.95. The molecule has 3 rings (SSSR count). The minimum Gasteiger partial charge on any atom is -0.354 e. The van der Waals surface area contributed by atoms with Gasteiger partial charge in [0.25, 0.3) is 5.69 Å². The maximum Gasteiger partial charge on any atom is 0.300 e. The molecule has 2 aromatic carbocycles. The minimum absolute atomic E-state index is 0.0249. The molecule has 0 saturated heterocycles. The van der Waals surface area contributed by atoms with Gasteiger partial charge in [0.05, 0.1) is 15.5 Å². The Balaban J connectivity index is 1.97. The molecule has 10 nitrogen and oxygen atoms in total. The molecule has 1 heterocycles. The van der Waals surface area contributed by atoms with Gasteiger partial charge in [-0.15, -0.1) is 0 Å². The Kier molecular flexibility index (Phi) is 3.10. The van der Waals surface area contributed by atoms with Gasteiger partial charge in [-0.25, -0.2) is 4.63 Å². The number of aromatic nitrogens is 2. The van der Waals surface area contributed by atoms with Crippen molar-refractivity contribution in [1.82, 2.24) is 10.3 Å². The third-order valence-corrected chi connectivity index (χ3v) is 2.95. The van der Waals surface area contributed by atoms with Crippen molar-refractivity contribution in [3.05, 3.63) is 56.6 Å². The second kappa shape index (κ2) is 5.09. The van der Waals surface area contributed by atoms with Gasteiger partial charge in [-0.2, -0.15) is 0 Å². The fourth-order valence-corrected chi connectivity index (χ4v) is 1.92. The van der Waals surface area contributed by atoms with E-state index in [2.05, 4.69) is 20.3 Å². The van der Waals surface area contributed by atoms with E-state index in [1.54, 1.807) is 0 Å². The summed E-state index contributed by atoms with van der Waals surface area (Å²) < 4.78 is 4.55. The van der Waals surface area contributed by atoms with Crippen molar-refractivity contribution in [3.8, 4) is 0 Å². The number of fused-ring (bicyclic) bond motifs is 1.